The van der Waals surface area contributed by atoms with Crippen molar-refractivity contribution >= 4 is 11.8 Å². The number of aryl methyl sites for hydroxylation is 2. The molecule has 0 spiro atoms. The van der Waals surface area contributed by atoms with Crippen LogP contribution >= 0.6 is 0 Å². The fourth-order valence-corrected chi connectivity index (χ4v) is 2.90. The molecule has 6 heteroatoms. The number of rotatable bonds is 3. The molecule has 1 aliphatic rings. The monoisotopic (exact) mass is 265 g/mol. The minimum atomic E-state index is -0.231. The van der Waals surface area contributed by atoms with Crippen LogP contribution in [0.4, 0.5) is 0 Å². The predicted octanol–water partition coefficient (Wildman–Crippen LogP) is 0.893. The van der Waals surface area contributed by atoms with E-state index in [0.29, 0.717) is 18.7 Å². The van der Waals surface area contributed by atoms with Crippen molar-refractivity contribution < 1.29 is 14.3 Å². The highest BCUT2D eigenvalue weighted by molar-refractivity contribution is 6.00. The third-order valence-corrected chi connectivity index (χ3v) is 3.71. The van der Waals surface area contributed by atoms with Gasteiger partial charge in [-0.2, -0.15) is 5.10 Å². The number of amides is 2. The number of hydrogen-bond donors (Lipinski definition) is 1. The maximum absolute atomic E-state index is 11.9. The van der Waals surface area contributed by atoms with E-state index in [1.807, 2.05) is 13.8 Å². The van der Waals surface area contributed by atoms with Gasteiger partial charge in [-0.25, -0.2) is 4.68 Å². The fraction of sp³-hybridized carbons (Fsp3) is 0.615. The summed E-state index contributed by atoms with van der Waals surface area (Å²) in [5.74, 6) is -0.174. The van der Waals surface area contributed by atoms with Crippen LogP contribution in [-0.2, 0) is 16.6 Å². The number of aromatic nitrogens is 2. The van der Waals surface area contributed by atoms with Crippen LogP contribution in [0.1, 0.15) is 36.9 Å². The van der Waals surface area contributed by atoms with Crippen molar-refractivity contribution in [3.8, 4) is 5.88 Å². The maximum Gasteiger partial charge on any atom is 0.230 e. The molecule has 0 aliphatic carbocycles. The first-order valence-corrected chi connectivity index (χ1v) is 6.40. The van der Waals surface area contributed by atoms with Gasteiger partial charge in [0.2, 0.25) is 17.7 Å². The van der Waals surface area contributed by atoms with Gasteiger partial charge in [0.05, 0.1) is 12.8 Å². The molecular formula is C13H19N3O3. The summed E-state index contributed by atoms with van der Waals surface area (Å²) < 4.78 is 7.02. The first kappa shape index (κ1) is 13.6. The van der Waals surface area contributed by atoms with Gasteiger partial charge in [0.15, 0.2) is 0 Å². The highest BCUT2D eigenvalue weighted by Gasteiger charge is 2.39. The summed E-state index contributed by atoms with van der Waals surface area (Å²) in [6, 6.07) is 0. The molecule has 1 aliphatic heterocycles. The Morgan fingerprint density at radius 2 is 2.16 bits per heavy atom. The lowest BCUT2D eigenvalue weighted by atomic mass is 9.79. The van der Waals surface area contributed by atoms with Crippen molar-refractivity contribution in [1.82, 2.24) is 15.1 Å². The van der Waals surface area contributed by atoms with Crippen LogP contribution in [0.2, 0.25) is 0 Å². The van der Waals surface area contributed by atoms with Gasteiger partial charge in [0.25, 0.3) is 0 Å². The minimum Gasteiger partial charge on any atom is -0.481 e. The van der Waals surface area contributed by atoms with E-state index in [0.717, 1.165) is 11.3 Å². The molecule has 1 N–H and O–H groups in total. The zero-order chi connectivity index (χ0) is 14.2. The zero-order valence-corrected chi connectivity index (χ0v) is 11.7. The van der Waals surface area contributed by atoms with Gasteiger partial charge in [-0.1, -0.05) is 6.92 Å². The number of carbonyl (C=O) groups excluding carboxylic acids is 2. The van der Waals surface area contributed by atoms with Gasteiger partial charge >= 0.3 is 0 Å². The predicted molar refractivity (Wildman–Crippen MR) is 68.8 cm³/mol. The van der Waals surface area contributed by atoms with E-state index in [2.05, 4.69) is 10.4 Å². The molecule has 1 aromatic heterocycles. The number of nitrogens with one attached hydrogen (secondary N) is 1. The van der Waals surface area contributed by atoms with Crippen LogP contribution in [0.5, 0.6) is 5.88 Å². The molecule has 2 unspecified atom stereocenters. The van der Waals surface area contributed by atoms with E-state index in [-0.39, 0.29) is 23.7 Å². The number of piperidine rings is 1. The molecule has 1 saturated heterocycles. The van der Waals surface area contributed by atoms with Crippen molar-refractivity contribution in [3.05, 3.63) is 11.3 Å². The summed E-state index contributed by atoms with van der Waals surface area (Å²) in [6.45, 7) is 3.83. The minimum absolute atomic E-state index is 0.158. The third kappa shape index (κ3) is 2.22. The molecule has 2 heterocycles. The standard InChI is InChI=1S/C13H19N3O3/c1-5-8-9(6-10(17)14-12(8)18)11-7(2)15-16(3)13(11)19-4/h8-9H,5-6H2,1-4H3,(H,14,17,18). The Hall–Kier alpha value is -1.85. The van der Waals surface area contributed by atoms with Crippen LogP contribution in [0.3, 0.4) is 0 Å². The third-order valence-electron chi connectivity index (χ3n) is 3.71. The van der Waals surface area contributed by atoms with Crippen molar-refractivity contribution in [3.63, 3.8) is 0 Å². The summed E-state index contributed by atoms with van der Waals surface area (Å²) in [6.07, 6.45) is 0.981. The molecule has 0 bridgehead atoms. The Bertz CT molecular complexity index is 521. The van der Waals surface area contributed by atoms with Crippen LogP contribution in [0.25, 0.3) is 0 Å². The molecular weight excluding hydrogens is 246 g/mol. The number of methoxy groups -OCH3 is 1. The van der Waals surface area contributed by atoms with Crippen molar-refractivity contribution in [2.75, 3.05) is 7.11 Å². The zero-order valence-electron chi connectivity index (χ0n) is 11.7. The maximum atomic E-state index is 11.9. The normalized spacial score (nSPS) is 23.4. The second-order valence-corrected chi connectivity index (χ2v) is 4.87. The Morgan fingerprint density at radius 1 is 1.47 bits per heavy atom. The van der Waals surface area contributed by atoms with E-state index in [1.165, 1.54) is 0 Å². The van der Waals surface area contributed by atoms with Gasteiger partial charge in [-0.05, 0) is 13.3 Å². The first-order valence-electron chi connectivity index (χ1n) is 6.40. The van der Waals surface area contributed by atoms with Crippen molar-refractivity contribution in [2.45, 2.75) is 32.6 Å². The summed E-state index contributed by atoms with van der Waals surface area (Å²) in [5.41, 5.74) is 1.69. The summed E-state index contributed by atoms with van der Waals surface area (Å²) in [7, 11) is 3.37. The Kier molecular flexibility index (Phi) is 3.59. The average molecular weight is 265 g/mol. The summed E-state index contributed by atoms with van der Waals surface area (Å²) in [4.78, 5) is 23.6. The van der Waals surface area contributed by atoms with Crippen LogP contribution in [0.15, 0.2) is 0 Å². The number of hydrogen-bond acceptors (Lipinski definition) is 4. The number of imide groups is 1. The molecule has 6 nitrogen and oxygen atoms in total. The second kappa shape index (κ2) is 5.03. The first-order chi connectivity index (χ1) is 8.99. The van der Waals surface area contributed by atoms with E-state index in [4.69, 9.17) is 4.74 Å². The van der Waals surface area contributed by atoms with Gasteiger partial charge in [-0.15, -0.1) is 0 Å². The van der Waals surface area contributed by atoms with E-state index in [9.17, 15) is 9.59 Å². The Labute approximate surface area is 112 Å². The van der Waals surface area contributed by atoms with E-state index >= 15 is 0 Å². The van der Waals surface area contributed by atoms with Crippen LogP contribution in [0, 0.1) is 12.8 Å². The molecule has 0 radical (unpaired) electrons. The van der Waals surface area contributed by atoms with Gasteiger partial charge < -0.3 is 4.74 Å². The fourth-order valence-electron chi connectivity index (χ4n) is 2.90. The Balaban J connectivity index is 2.48. The quantitative estimate of drug-likeness (QED) is 0.824. The smallest absolute Gasteiger partial charge is 0.230 e. The molecule has 0 aromatic carbocycles. The lowest BCUT2D eigenvalue weighted by molar-refractivity contribution is -0.137. The van der Waals surface area contributed by atoms with E-state index < -0.39 is 0 Å². The molecule has 2 rings (SSSR count). The van der Waals surface area contributed by atoms with Crippen molar-refractivity contribution in [2.24, 2.45) is 13.0 Å². The van der Waals surface area contributed by atoms with Crippen LogP contribution in [-0.4, -0.2) is 28.7 Å². The average Bonchev–Trinajstić information content (AvgIpc) is 2.62. The molecule has 0 saturated carbocycles. The molecule has 19 heavy (non-hydrogen) atoms. The molecule has 104 valence electrons. The summed E-state index contributed by atoms with van der Waals surface area (Å²) in [5, 5.41) is 6.72. The number of ether oxygens (including phenoxy) is 1. The van der Waals surface area contributed by atoms with E-state index in [1.54, 1.807) is 18.8 Å². The second-order valence-electron chi connectivity index (χ2n) is 4.87. The van der Waals surface area contributed by atoms with Gasteiger partial charge in [0.1, 0.15) is 0 Å². The lowest BCUT2D eigenvalue weighted by Gasteiger charge is -2.29. The SMILES string of the molecule is CCC1C(=O)NC(=O)CC1c1c(C)nn(C)c1OC. The van der Waals surface area contributed by atoms with Gasteiger partial charge in [-0.3, -0.25) is 14.9 Å². The summed E-state index contributed by atoms with van der Waals surface area (Å²) >= 11 is 0. The molecule has 1 aromatic rings. The number of nitrogens with zero attached hydrogens (tertiary/aromatic N) is 2. The highest BCUT2D eigenvalue weighted by atomic mass is 16.5. The molecule has 2 atom stereocenters. The van der Waals surface area contributed by atoms with Gasteiger partial charge in [0, 0.05) is 30.9 Å². The lowest BCUT2D eigenvalue weighted by Crippen LogP contribution is -2.44. The Morgan fingerprint density at radius 3 is 2.74 bits per heavy atom. The molecule has 1 fully saturated rings. The number of carbonyl (C=O) groups is 2. The van der Waals surface area contributed by atoms with Crippen molar-refractivity contribution in [1.29, 1.82) is 0 Å². The topological polar surface area (TPSA) is 73.2 Å². The largest absolute Gasteiger partial charge is 0.481 e. The highest BCUT2D eigenvalue weighted by Crippen LogP contribution is 2.39. The van der Waals surface area contributed by atoms with Crippen LogP contribution < -0.4 is 10.1 Å². The molecule has 2 amide bonds.